The lowest BCUT2D eigenvalue weighted by Crippen LogP contribution is -2.45. The number of nitrogens with one attached hydrogen (secondary N) is 1. The maximum absolute atomic E-state index is 12.3. The zero-order valence-electron chi connectivity index (χ0n) is 16.5. The van der Waals surface area contributed by atoms with Gasteiger partial charge in [-0.3, -0.25) is 14.6 Å². The molecule has 2 heterocycles. The zero-order valence-corrected chi connectivity index (χ0v) is 16.5. The van der Waals surface area contributed by atoms with E-state index in [4.69, 9.17) is 0 Å². The molecule has 2 aliphatic heterocycles. The summed E-state index contributed by atoms with van der Waals surface area (Å²) in [6, 6.07) is 10.9. The number of amides is 1. The number of likely N-dealkylation sites (tertiary alicyclic amines) is 2. The van der Waals surface area contributed by atoms with Crippen molar-refractivity contribution in [1.82, 2.24) is 15.1 Å². The Morgan fingerprint density at radius 2 is 1.85 bits per heavy atom. The van der Waals surface area contributed by atoms with Gasteiger partial charge in [0.25, 0.3) is 0 Å². The molecule has 0 aliphatic carbocycles. The Morgan fingerprint density at radius 1 is 1.07 bits per heavy atom. The van der Waals surface area contributed by atoms with E-state index in [0.29, 0.717) is 18.9 Å². The average molecular weight is 374 g/mol. The third kappa shape index (κ3) is 6.59. The Balaban J connectivity index is 1.30. The normalized spacial score (nSPS) is 22.6. The van der Waals surface area contributed by atoms with Crippen LogP contribution in [0.5, 0.6) is 0 Å². The smallest absolute Gasteiger partial charge is 0.220 e. The Hall–Kier alpha value is -1.43. The predicted octanol–water partition coefficient (Wildman–Crippen LogP) is 2.25. The second-order valence-corrected chi connectivity index (χ2v) is 8.13. The summed E-state index contributed by atoms with van der Waals surface area (Å²) >= 11 is 0. The lowest BCUT2D eigenvalue weighted by Gasteiger charge is -2.34. The molecule has 2 fully saturated rings. The van der Waals surface area contributed by atoms with Crippen LogP contribution in [-0.4, -0.2) is 66.2 Å². The molecular weight excluding hydrogens is 338 g/mol. The number of aliphatic hydroxyl groups is 1. The molecule has 0 unspecified atom stereocenters. The molecule has 150 valence electrons. The van der Waals surface area contributed by atoms with Gasteiger partial charge in [0, 0.05) is 32.1 Å². The number of rotatable bonds is 8. The summed E-state index contributed by atoms with van der Waals surface area (Å²) in [7, 11) is 0. The lowest BCUT2D eigenvalue weighted by molar-refractivity contribution is -0.122. The fourth-order valence-corrected chi connectivity index (χ4v) is 4.42. The van der Waals surface area contributed by atoms with E-state index in [1.807, 2.05) is 0 Å². The predicted molar refractivity (Wildman–Crippen MR) is 108 cm³/mol. The minimum atomic E-state index is 0.189. The number of nitrogens with zero attached hydrogens (tertiary/aromatic N) is 2. The summed E-state index contributed by atoms with van der Waals surface area (Å²) in [4.78, 5) is 17.1. The van der Waals surface area contributed by atoms with Crippen LogP contribution in [0.3, 0.4) is 0 Å². The van der Waals surface area contributed by atoms with Crippen molar-refractivity contribution in [3.8, 4) is 0 Å². The number of carbonyl (C=O) groups is 1. The van der Waals surface area contributed by atoms with Crippen LogP contribution in [0.25, 0.3) is 0 Å². The van der Waals surface area contributed by atoms with Crippen molar-refractivity contribution in [3.05, 3.63) is 35.9 Å². The second kappa shape index (κ2) is 10.8. The van der Waals surface area contributed by atoms with Crippen LogP contribution < -0.4 is 5.32 Å². The van der Waals surface area contributed by atoms with E-state index in [1.165, 1.54) is 18.4 Å². The molecule has 3 rings (SSSR count). The summed E-state index contributed by atoms with van der Waals surface area (Å²) < 4.78 is 0. The number of carbonyl (C=O) groups excluding carboxylic acids is 1. The van der Waals surface area contributed by atoms with Crippen molar-refractivity contribution in [2.75, 3.05) is 39.3 Å². The first-order valence-corrected chi connectivity index (χ1v) is 10.6. The highest BCUT2D eigenvalue weighted by atomic mass is 16.3. The standard InChI is InChI=1S/C22H35N3O2/c26-18-21-8-4-5-12-25(21)15-11-23-22(27)16-19-9-13-24(14-10-19)17-20-6-2-1-3-7-20/h1-3,6-7,19,21,26H,4-5,8-18H2,(H,23,27)/t21-/m1/s1. The maximum Gasteiger partial charge on any atom is 0.220 e. The van der Waals surface area contributed by atoms with E-state index < -0.39 is 0 Å². The van der Waals surface area contributed by atoms with Gasteiger partial charge >= 0.3 is 0 Å². The molecule has 0 bridgehead atoms. The quantitative estimate of drug-likeness (QED) is 0.734. The molecule has 5 nitrogen and oxygen atoms in total. The van der Waals surface area contributed by atoms with Crippen LogP contribution in [0.1, 0.15) is 44.1 Å². The molecule has 27 heavy (non-hydrogen) atoms. The third-order valence-corrected chi connectivity index (χ3v) is 6.11. The minimum absolute atomic E-state index is 0.189. The molecule has 1 atom stereocenters. The molecule has 2 saturated heterocycles. The van der Waals surface area contributed by atoms with Crippen molar-refractivity contribution in [3.63, 3.8) is 0 Å². The average Bonchev–Trinajstić information content (AvgIpc) is 2.71. The Labute approximate surface area is 163 Å². The van der Waals surface area contributed by atoms with Gasteiger partial charge in [-0.25, -0.2) is 0 Å². The van der Waals surface area contributed by atoms with Crippen molar-refractivity contribution < 1.29 is 9.90 Å². The summed E-state index contributed by atoms with van der Waals surface area (Å²) in [6.07, 6.45) is 6.36. The van der Waals surface area contributed by atoms with E-state index in [-0.39, 0.29) is 18.6 Å². The largest absolute Gasteiger partial charge is 0.395 e. The fraction of sp³-hybridized carbons (Fsp3) is 0.682. The molecule has 0 spiro atoms. The monoisotopic (exact) mass is 373 g/mol. The van der Waals surface area contributed by atoms with Gasteiger partial charge in [0.2, 0.25) is 5.91 Å². The summed E-state index contributed by atoms with van der Waals surface area (Å²) in [5.41, 5.74) is 1.37. The zero-order chi connectivity index (χ0) is 18.9. The van der Waals surface area contributed by atoms with Crippen LogP contribution in [0.4, 0.5) is 0 Å². The number of benzene rings is 1. The Kier molecular flexibility index (Phi) is 8.11. The van der Waals surface area contributed by atoms with Crippen LogP contribution in [0.15, 0.2) is 30.3 Å². The highest BCUT2D eigenvalue weighted by Crippen LogP contribution is 2.22. The van der Waals surface area contributed by atoms with Gasteiger partial charge in [-0.2, -0.15) is 0 Å². The van der Waals surface area contributed by atoms with Gasteiger partial charge in [-0.1, -0.05) is 36.8 Å². The van der Waals surface area contributed by atoms with E-state index in [0.717, 1.165) is 52.0 Å². The minimum Gasteiger partial charge on any atom is -0.395 e. The molecular formula is C22H35N3O2. The number of piperidine rings is 2. The number of hydrogen-bond acceptors (Lipinski definition) is 4. The molecule has 1 aromatic carbocycles. The lowest BCUT2D eigenvalue weighted by atomic mass is 9.93. The van der Waals surface area contributed by atoms with Gasteiger partial charge in [0.05, 0.1) is 6.61 Å². The summed E-state index contributed by atoms with van der Waals surface area (Å²) in [6.45, 7) is 6.00. The molecule has 0 saturated carbocycles. The number of aliphatic hydroxyl groups excluding tert-OH is 1. The molecule has 0 radical (unpaired) electrons. The van der Waals surface area contributed by atoms with Crippen molar-refractivity contribution in [1.29, 1.82) is 0 Å². The molecule has 2 aliphatic rings. The van der Waals surface area contributed by atoms with Crippen LogP contribution in [0, 0.1) is 5.92 Å². The van der Waals surface area contributed by atoms with Crippen molar-refractivity contribution in [2.45, 2.75) is 51.1 Å². The summed E-state index contributed by atoms with van der Waals surface area (Å²) in [5.74, 6) is 0.700. The Morgan fingerprint density at radius 3 is 2.59 bits per heavy atom. The van der Waals surface area contributed by atoms with E-state index in [1.54, 1.807) is 0 Å². The maximum atomic E-state index is 12.3. The molecule has 0 aromatic heterocycles. The van der Waals surface area contributed by atoms with Crippen LogP contribution >= 0.6 is 0 Å². The van der Waals surface area contributed by atoms with Gasteiger partial charge in [-0.15, -0.1) is 0 Å². The van der Waals surface area contributed by atoms with E-state index in [9.17, 15) is 9.90 Å². The third-order valence-electron chi connectivity index (χ3n) is 6.11. The van der Waals surface area contributed by atoms with Gasteiger partial charge in [0.1, 0.15) is 0 Å². The topological polar surface area (TPSA) is 55.8 Å². The van der Waals surface area contributed by atoms with Gasteiger partial charge < -0.3 is 10.4 Å². The SMILES string of the molecule is O=C(CC1CCN(Cc2ccccc2)CC1)NCCN1CCCC[C@@H]1CO. The summed E-state index contributed by atoms with van der Waals surface area (Å²) in [5, 5.41) is 12.6. The van der Waals surface area contributed by atoms with E-state index in [2.05, 4.69) is 45.4 Å². The fourth-order valence-electron chi connectivity index (χ4n) is 4.42. The van der Waals surface area contributed by atoms with E-state index >= 15 is 0 Å². The molecule has 1 aromatic rings. The molecule has 5 heteroatoms. The first-order valence-electron chi connectivity index (χ1n) is 10.6. The molecule has 2 N–H and O–H groups in total. The van der Waals surface area contributed by atoms with Crippen LogP contribution in [0.2, 0.25) is 0 Å². The van der Waals surface area contributed by atoms with Crippen molar-refractivity contribution in [2.24, 2.45) is 5.92 Å². The first-order chi connectivity index (χ1) is 13.2. The molecule has 1 amide bonds. The van der Waals surface area contributed by atoms with Gasteiger partial charge in [-0.05, 0) is 56.8 Å². The van der Waals surface area contributed by atoms with Crippen molar-refractivity contribution >= 4 is 5.91 Å². The second-order valence-electron chi connectivity index (χ2n) is 8.13. The number of hydrogen-bond donors (Lipinski definition) is 2. The van der Waals surface area contributed by atoms with Gasteiger partial charge in [0.15, 0.2) is 0 Å². The highest BCUT2D eigenvalue weighted by Gasteiger charge is 2.23. The van der Waals surface area contributed by atoms with Crippen LogP contribution in [-0.2, 0) is 11.3 Å². The highest BCUT2D eigenvalue weighted by molar-refractivity contribution is 5.76. The first kappa shape index (κ1) is 20.3. The Bertz CT molecular complexity index is 558.